The number of anilines is 1. The van der Waals surface area contributed by atoms with Crippen LogP contribution < -0.4 is 4.90 Å². The van der Waals surface area contributed by atoms with Crippen molar-refractivity contribution in [3.63, 3.8) is 0 Å². The van der Waals surface area contributed by atoms with E-state index in [-0.39, 0.29) is 6.09 Å². The van der Waals surface area contributed by atoms with Crippen molar-refractivity contribution in [3.8, 4) is 0 Å². The van der Waals surface area contributed by atoms with E-state index in [1.807, 2.05) is 6.07 Å². The molecule has 13 heavy (non-hydrogen) atoms. The Morgan fingerprint density at radius 2 is 2.38 bits per heavy atom. The van der Waals surface area contributed by atoms with Crippen LogP contribution in [0.15, 0.2) is 24.4 Å². The molecule has 0 N–H and O–H groups in total. The molecular weight excluding hydrogens is 168 g/mol. The molecule has 70 valence electrons. The predicted octanol–water partition coefficient (Wildman–Crippen LogP) is 1.67. The number of carbonyl (C=O) groups excluding carboxylic acids is 1. The number of amides is 1. The van der Waals surface area contributed by atoms with E-state index in [1.165, 1.54) is 4.90 Å². The standard InChI is InChI=1S/C9H12N2O2/c1-3-13-9(12)11(2)8-6-4-5-7-10-8/h4-7H,3H2,1-2H3. The maximum atomic E-state index is 11.2. The first kappa shape index (κ1) is 9.51. The molecule has 0 saturated heterocycles. The summed E-state index contributed by atoms with van der Waals surface area (Å²) in [5.74, 6) is 0.584. The molecule has 4 nitrogen and oxygen atoms in total. The van der Waals surface area contributed by atoms with Crippen molar-refractivity contribution in [2.75, 3.05) is 18.6 Å². The van der Waals surface area contributed by atoms with Gasteiger partial charge in [-0.25, -0.2) is 9.78 Å². The number of hydrogen-bond acceptors (Lipinski definition) is 3. The van der Waals surface area contributed by atoms with Crippen LogP contribution in [-0.4, -0.2) is 24.7 Å². The Morgan fingerprint density at radius 1 is 1.62 bits per heavy atom. The van der Waals surface area contributed by atoms with E-state index in [0.29, 0.717) is 12.4 Å². The lowest BCUT2D eigenvalue weighted by molar-refractivity contribution is 0.161. The van der Waals surface area contributed by atoms with Gasteiger partial charge in [0.2, 0.25) is 0 Å². The van der Waals surface area contributed by atoms with Gasteiger partial charge < -0.3 is 4.74 Å². The number of aromatic nitrogens is 1. The quantitative estimate of drug-likeness (QED) is 0.695. The number of rotatable bonds is 2. The van der Waals surface area contributed by atoms with Crippen molar-refractivity contribution in [1.82, 2.24) is 4.98 Å². The third-order valence-corrected chi connectivity index (χ3v) is 1.53. The number of ether oxygens (including phenoxy) is 1. The molecule has 0 aliphatic heterocycles. The van der Waals surface area contributed by atoms with Crippen LogP contribution in [0.4, 0.5) is 10.6 Å². The lowest BCUT2D eigenvalue weighted by Gasteiger charge is -2.14. The first-order chi connectivity index (χ1) is 6.25. The smallest absolute Gasteiger partial charge is 0.415 e. The molecule has 1 amide bonds. The van der Waals surface area contributed by atoms with Gasteiger partial charge in [-0.3, -0.25) is 4.90 Å². The number of nitrogens with zero attached hydrogens (tertiary/aromatic N) is 2. The summed E-state index contributed by atoms with van der Waals surface area (Å²) in [5, 5.41) is 0. The van der Waals surface area contributed by atoms with Crippen LogP contribution in [0.5, 0.6) is 0 Å². The molecule has 0 saturated carbocycles. The van der Waals surface area contributed by atoms with E-state index < -0.39 is 0 Å². The Kier molecular flexibility index (Phi) is 3.25. The fourth-order valence-electron chi connectivity index (χ4n) is 0.866. The number of hydrogen-bond donors (Lipinski definition) is 0. The molecular formula is C9H12N2O2. The number of carbonyl (C=O) groups is 1. The van der Waals surface area contributed by atoms with Crippen molar-refractivity contribution >= 4 is 11.9 Å². The molecule has 0 aliphatic carbocycles. The summed E-state index contributed by atoms with van der Waals surface area (Å²) < 4.78 is 4.81. The molecule has 0 aliphatic rings. The third kappa shape index (κ3) is 2.43. The van der Waals surface area contributed by atoms with Gasteiger partial charge in [-0.1, -0.05) is 6.07 Å². The molecule has 1 heterocycles. The summed E-state index contributed by atoms with van der Waals surface area (Å²) in [7, 11) is 1.63. The average Bonchev–Trinajstić information content (AvgIpc) is 2.18. The van der Waals surface area contributed by atoms with Gasteiger partial charge in [-0.05, 0) is 19.1 Å². The molecule has 0 aromatic carbocycles. The molecule has 0 spiro atoms. The van der Waals surface area contributed by atoms with E-state index in [2.05, 4.69) is 4.98 Å². The lowest BCUT2D eigenvalue weighted by Crippen LogP contribution is -2.27. The zero-order valence-electron chi connectivity index (χ0n) is 7.73. The minimum absolute atomic E-state index is 0.371. The predicted molar refractivity (Wildman–Crippen MR) is 49.7 cm³/mol. The first-order valence-electron chi connectivity index (χ1n) is 4.07. The van der Waals surface area contributed by atoms with Crippen molar-refractivity contribution in [2.45, 2.75) is 6.92 Å². The van der Waals surface area contributed by atoms with Crippen LogP contribution in [0.3, 0.4) is 0 Å². The Bertz CT molecular complexity index is 274. The van der Waals surface area contributed by atoms with Crippen LogP contribution in [0, 0.1) is 0 Å². The van der Waals surface area contributed by atoms with Gasteiger partial charge in [0.05, 0.1) is 6.61 Å². The number of pyridine rings is 1. The van der Waals surface area contributed by atoms with Gasteiger partial charge in [-0.15, -0.1) is 0 Å². The van der Waals surface area contributed by atoms with Gasteiger partial charge in [-0.2, -0.15) is 0 Å². The average molecular weight is 180 g/mol. The van der Waals surface area contributed by atoms with Gasteiger partial charge in [0.15, 0.2) is 0 Å². The highest BCUT2D eigenvalue weighted by molar-refractivity contribution is 5.85. The molecule has 0 bridgehead atoms. The minimum atomic E-state index is -0.388. The summed E-state index contributed by atoms with van der Waals surface area (Å²) in [6.07, 6.45) is 1.24. The zero-order valence-corrected chi connectivity index (χ0v) is 7.73. The van der Waals surface area contributed by atoms with E-state index in [9.17, 15) is 4.79 Å². The van der Waals surface area contributed by atoms with Gasteiger partial charge in [0, 0.05) is 13.2 Å². The summed E-state index contributed by atoms with van der Waals surface area (Å²) >= 11 is 0. The van der Waals surface area contributed by atoms with Crippen LogP contribution in [0.2, 0.25) is 0 Å². The summed E-state index contributed by atoms with van der Waals surface area (Å²) in [5.41, 5.74) is 0. The van der Waals surface area contributed by atoms with E-state index in [0.717, 1.165) is 0 Å². The van der Waals surface area contributed by atoms with Crippen LogP contribution >= 0.6 is 0 Å². The monoisotopic (exact) mass is 180 g/mol. The normalized spacial score (nSPS) is 9.38. The first-order valence-corrected chi connectivity index (χ1v) is 4.07. The van der Waals surface area contributed by atoms with Crippen molar-refractivity contribution in [1.29, 1.82) is 0 Å². The van der Waals surface area contributed by atoms with E-state index in [1.54, 1.807) is 32.3 Å². The van der Waals surface area contributed by atoms with E-state index in [4.69, 9.17) is 4.74 Å². The molecule has 1 aromatic rings. The zero-order chi connectivity index (χ0) is 9.68. The molecule has 0 atom stereocenters. The highest BCUT2D eigenvalue weighted by Gasteiger charge is 2.11. The summed E-state index contributed by atoms with van der Waals surface area (Å²) in [4.78, 5) is 16.6. The van der Waals surface area contributed by atoms with Crippen molar-refractivity contribution in [3.05, 3.63) is 24.4 Å². The van der Waals surface area contributed by atoms with Crippen molar-refractivity contribution < 1.29 is 9.53 Å². The molecule has 1 aromatic heterocycles. The van der Waals surface area contributed by atoms with Crippen LogP contribution in [0.25, 0.3) is 0 Å². The molecule has 0 unspecified atom stereocenters. The lowest BCUT2D eigenvalue weighted by atomic mass is 10.4. The van der Waals surface area contributed by atoms with Gasteiger partial charge in [0.25, 0.3) is 0 Å². The minimum Gasteiger partial charge on any atom is -0.449 e. The van der Waals surface area contributed by atoms with Gasteiger partial charge in [0.1, 0.15) is 5.82 Å². The van der Waals surface area contributed by atoms with E-state index >= 15 is 0 Å². The third-order valence-electron chi connectivity index (χ3n) is 1.53. The Balaban J connectivity index is 2.68. The maximum absolute atomic E-state index is 11.2. The fraction of sp³-hybridized carbons (Fsp3) is 0.333. The van der Waals surface area contributed by atoms with Crippen molar-refractivity contribution in [2.24, 2.45) is 0 Å². The second kappa shape index (κ2) is 4.45. The highest BCUT2D eigenvalue weighted by Crippen LogP contribution is 2.07. The molecule has 1 rings (SSSR count). The summed E-state index contributed by atoms with van der Waals surface area (Å²) in [6, 6.07) is 5.36. The Morgan fingerprint density at radius 3 is 2.92 bits per heavy atom. The van der Waals surface area contributed by atoms with Crippen LogP contribution in [0.1, 0.15) is 6.92 Å². The molecule has 0 radical (unpaired) electrons. The molecule has 4 heteroatoms. The molecule has 0 fully saturated rings. The second-order valence-corrected chi connectivity index (χ2v) is 2.45. The Hall–Kier alpha value is -1.58. The van der Waals surface area contributed by atoms with Gasteiger partial charge >= 0.3 is 6.09 Å². The maximum Gasteiger partial charge on any atom is 0.415 e. The second-order valence-electron chi connectivity index (χ2n) is 2.45. The largest absolute Gasteiger partial charge is 0.449 e. The SMILES string of the molecule is CCOC(=O)N(C)c1ccccn1. The summed E-state index contributed by atoms with van der Waals surface area (Å²) in [6.45, 7) is 2.14. The fourth-order valence-corrected chi connectivity index (χ4v) is 0.866. The highest BCUT2D eigenvalue weighted by atomic mass is 16.6. The van der Waals surface area contributed by atoms with Crippen LogP contribution in [-0.2, 0) is 4.74 Å². The Labute approximate surface area is 77.1 Å². The topological polar surface area (TPSA) is 42.4 Å².